The summed E-state index contributed by atoms with van der Waals surface area (Å²) < 4.78 is 0. The summed E-state index contributed by atoms with van der Waals surface area (Å²) in [6.07, 6.45) is 0.580. The van der Waals surface area contributed by atoms with E-state index in [1.165, 1.54) is 18.3 Å². The second kappa shape index (κ2) is 6.17. The Kier molecular flexibility index (Phi) is 4.86. The first-order valence-electron chi connectivity index (χ1n) is 5.25. The SMILES string of the molecule is CN(C)C[C@H](O)CNC(=O)c1ccc(O)cn1. The van der Waals surface area contributed by atoms with Crippen molar-refractivity contribution in [2.24, 2.45) is 0 Å². The highest BCUT2D eigenvalue weighted by molar-refractivity contribution is 5.92. The minimum atomic E-state index is -0.619. The maximum atomic E-state index is 11.6. The van der Waals surface area contributed by atoms with Gasteiger partial charge >= 0.3 is 0 Å². The van der Waals surface area contributed by atoms with Crippen molar-refractivity contribution in [1.82, 2.24) is 15.2 Å². The van der Waals surface area contributed by atoms with Crippen LogP contribution in [-0.2, 0) is 0 Å². The molecule has 1 heterocycles. The summed E-state index contributed by atoms with van der Waals surface area (Å²) in [5.41, 5.74) is 0.208. The van der Waals surface area contributed by atoms with Gasteiger partial charge in [0.1, 0.15) is 11.4 Å². The molecule has 17 heavy (non-hydrogen) atoms. The van der Waals surface area contributed by atoms with Crippen LogP contribution < -0.4 is 5.32 Å². The lowest BCUT2D eigenvalue weighted by Gasteiger charge is -2.16. The molecule has 0 saturated heterocycles. The van der Waals surface area contributed by atoms with E-state index in [9.17, 15) is 9.90 Å². The first kappa shape index (κ1) is 13.4. The Morgan fingerprint density at radius 3 is 2.76 bits per heavy atom. The molecule has 3 N–H and O–H groups in total. The zero-order valence-electron chi connectivity index (χ0n) is 9.92. The number of carbonyl (C=O) groups is 1. The van der Waals surface area contributed by atoms with Gasteiger partial charge in [0.15, 0.2) is 0 Å². The van der Waals surface area contributed by atoms with Crippen molar-refractivity contribution in [2.45, 2.75) is 6.10 Å². The number of pyridine rings is 1. The Morgan fingerprint density at radius 1 is 1.53 bits per heavy atom. The van der Waals surface area contributed by atoms with Gasteiger partial charge in [-0.1, -0.05) is 0 Å². The first-order chi connectivity index (χ1) is 7.99. The Balaban J connectivity index is 2.42. The van der Waals surface area contributed by atoms with Gasteiger partial charge < -0.3 is 20.4 Å². The van der Waals surface area contributed by atoms with Crippen molar-refractivity contribution in [3.8, 4) is 5.75 Å². The molecular formula is C11H17N3O3. The van der Waals surface area contributed by atoms with E-state index >= 15 is 0 Å². The van der Waals surface area contributed by atoms with Crippen LogP contribution in [0.5, 0.6) is 5.75 Å². The van der Waals surface area contributed by atoms with E-state index in [-0.39, 0.29) is 23.9 Å². The van der Waals surface area contributed by atoms with Crippen LogP contribution in [-0.4, -0.2) is 59.3 Å². The third-order valence-electron chi connectivity index (χ3n) is 2.05. The van der Waals surface area contributed by atoms with Crippen LogP contribution in [0.4, 0.5) is 0 Å². The average molecular weight is 239 g/mol. The largest absolute Gasteiger partial charge is 0.506 e. The smallest absolute Gasteiger partial charge is 0.269 e. The van der Waals surface area contributed by atoms with Crippen LogP contribution in [0.3, 0.4) is 0 Å². The molecule has 1 aromatic heterocycles. The molecule has 0 unspecified atom stereocenters. The fourth-order valence-corrected chi connectivity index (χ4v) is 1.31. The molecule has 0 aliphatic heterocycles. The predicted molar refractivity (Wildman–Crippen MR) is 62.8 cm³/mol. The Morgan fingerprint density at radius 2 is 2.24 bits per heavy atom. The van der Waals surface area contributed by atoms with E-state index in [2.05, 4.69) is 10.3 Å². The molecule has 0 radical (unpaired) electrons. The summed E-state index contributed by atoms with van der Waals surface area (Å²) in [5, 5.41) is 21.1. The molecule has 0 aliphatic rings. The maximum Gasteiger partial charge on any atom is 0.269 e. The molecule has 0 saturated carbocycles. The Labute approximate surface area is 99.9 Å². The van der Waals surface area contributed by atoms with Gasteiger partial charge in [0.05, 0.1) is 12.3 Å². The molecule has 1 rings (SSSR count). The molecule has 6 heteroatoms. The minimum Gasteiger partial charge on any atom is -0.506 e. The summed E-state index contributed by atoms with van der Waals surface area (Å²) in [4.78, 5) is 17.2. The van der Waals surface area contributed by atoms with Gasteiger partial charge in [-0.2, -0.15) is 0 Å². The fraction of sp³-hybridized carbons (Fsp3) is 0.455. The highest BCUT2D eigenvalue weighted by Crippen LogP contribution is 2.05. The van der Waals surface area contributed by atoms with Gasteiger partial charge in [-0.25, -0.2) is 4.98 Å². The monoisotopic (exact) mass is 239 g/mol. The second-order valence-electron chi connectivity index (χ2n) is 4.03. The molecular weight excluding hydrogens is 222 g/mol. The van der Waals surface area contributed by atoms with Gasteiger partial charge in [-0.15, -0.1) is 0 Å². The van der Waals surface area contributed by atoms with Crippen molar-refractivity contribution in [2.75, 3.05) is 27.2 Å². The molecule has 1 amide bonds. The highest BCUT2D eigenvalue weighted by Gasteiger charge is 2.10. The van der Waals surface area contributed by atoms with Crippen molar-refractivity contribution in [1.29, 1.82) is 0 Å². The number of hydrogen-bond acceptors (Lipinski definition) is 5. The fourth-order valence-electron chi connectivity index (χ4n) is 1.31. The summed E-state index contributed by atoms with van der Waals surface area (Å²) in [7, 11) is 3.68. The quantitative estimate of drug-likeness (QED) is 0.641. The van der Waals surface area contributed by atoms with Gasteiger partial charge in [0.25, 0.3) is 5.91 Å². The maximum absolute atomic E-state index is 11.6. The molecule has 6 nitrogen and oxygen atoms in total. The van der Waals surface area contributed by atoms with Crippen molar-refractivity contribution < 1.29 is 15.0 Å². The molecule has 1 atom stereocenters. The number of nitrogens with zero attached hydrogens (tertiary/aromatic N) is 2. The van der Waals surface area contributed by atoms with E-state index < -0.39 is 6.10 Å². The topological polar surface area (TPSA) is 85.7 Å². The summed E-state index contributed by atoms with van der Waals surface area (Å²) in [5.74, 6) is -0.364. The molecule has 0 fully saturated rings. The second-order valence-corrected chi connectivity index (χ2v) is 4.03. The van der Waals surface area contributed by atoms with Crippen LogP contribution in [0.15, 0.2) is 18.3 Å². The van der Waals surface area contributed by atoms with Crippen LogP contribution in [0.1, 0.15) is 10.5 Å². The molecule has 0 spiro atoms. The van der Waals surface area contributed by atoms with Crippen molar-refractivity contribution in [3.05, 3.63) is 24.0 Å². The van der Waals surface area contributed by atoms with E-state index in [0.717, 1.165) is 0 Å². The van der Waals surface area contributed by atoms with E-state index in [0.29, 0.717) is 6.54 Å². The van der Waals surface area contributed by atoms with Gasteiger partial charge in [0, 0.05) is 13.1 Å². The number of aliphatic hydroxyl groups is 1. The average Bonchev–Trinajstić information content (AvgIpc) is 2.26. The van der Waals surface area contributed by atoms with Gasteiger partial charge in [-0.05, 0) is 26.2 Å². The first-order valence-corrected chi connectivity index (χ1v) is 5.25. The van der Waals surface area contributed by atoms with Crippen LogP contribution in [0.2, 0.25) is 0 Å². The third kappa shape index (κ3) is 4.80. The molecule has 0 aliphatic carbocycles. The molecule has 0 aromatic carbocycles. The lowest BCUT2D eigenvalue weighted by molar-refractivity contribution is 0.0887. The number of nitrogens with one attached hydrogen (secondary N) is 1. The molecule has 94 valence electrons. The highest BCUT2D eigenvalue weighted by atomic mass is 16.3. The van der Waals surface area contributed by atoms with Crippen molar-refractivity contribution >= 4 is 5.91 Å². The van der Waals surface area contributed by atoms with Crippen LogP contribution in [0, 0.1) is 0 Å². The third-order valence-corrected chi connectivity index (χ3v) is 2.05. The van der Waals surface area contributed by atoms with Crippen LogP contribution >= 0.6 is 0 Å². The summed E-state index contributed by atoms with van der Waals surface area (Å²) >= 11 is 0. The number of aliphatic hydroxyl groups excluding tert-OH is 1. The van der Waals surface area contributed by atoms with E-state index in [1.54, 1.807) is 0 Å². The number of carbonyl (C=O) groups excluding carboxylic acids is 1. The van der Waals surface area contributed by atoms with Gasteiger partial charge in [0.2, 0.25) is 0 Å². The summed E-state index contributed by atoms with van der Waals surface area (Å²) in [6, 6.07) is 2.81. The van der Waals surface area contributed by atoms with Crippen molar-refractivity contribution in [3.63, 3.8) is 0 Å². The zero-order valence-corrected chi connectivity index (χ0v) is 9.92. The molecule has 1 aromatic rings. The van der Waals surface area contributed by atoms with Crippen LogP contribution in [0.25, 0.3) is 0 Å². The normalized spacial score (nSPS) is 12.5. The minimum absolute atomic E-state index is 0.00851. The number of rotatable bonds is 5. The standard InChI is InChI=1S/C11H17N3O3/c1-14(2)7-9(16)6-13-11(17)10-4-3-8(15)5-12-10/h3-5,9,15-16H,6-7H2,1-2H3,(H,13,17)/t9-/m1/s1. The number of aromatic hydroxyl groups is 1. The zero-order chi connectivity index (χ0) is 12.8. The summed E-state index contributed by atoms with van der Waals surface area (Å²) in [6.45, 7) is 0.642. The van der Waals surface area contributed by atoms with E-state index in [1.807, 2.05) is 19.0 Å². The molecule has 0 bridgehead atoms. The number of amides is 1. The predicted octanol–water partition coefficient (Wildman–Crippen LogP) is -0.561. The lowest BCUT2D eigenvalue weighted by Crippen LogP contribution is -2.37. The lowest BCUT2D eigenvalue weighted by atomic mass is 10.3. The van der Waals surface area contributed by atoms with Gasteiger partial charge in [-0.3, -0.25) is 4.79 Å². The number of aromatic nitrogens is 1. The number of likely N-dealkylation sites (N-methyl/N-ethyl adjacent to an activating group) is 1. The van der Waals surface area contributed by atoms with E-state index in [4.69, 9.17) is 5.11 Å². The number of hydrogen-bond donors (Lipinski definition) is 3. The Bertz CT molecular complexity index is 365. The Hall–Kier alpha value is -1.66.